The highest BCUT2D eigenvalue weighted by atomic mass is 16.5. The van der Waals surface area contributed by atoms with Gasteiger partial charge in [-0.2, -0.15) is 0 Å². The van der Waals surface area contributed by atoms with Gasteiger partial charge in [0, 0.05) is 12.7 Å². The van der Waals surface area contributed by atoms with Gasteiger partial charge in [0.2, 0.25) is 0 Å². The summed E-state index contributed by atoms with van der Waals surface area (Å²) in [5, 5.41) is 8.93. The van der Waals surface area contributed by atoms with E-state index in [0.717, 1.165) is 16.9 Å². The van der Waals surface area contributed by atoms with Gasteiger partial charge in [0.1, 0.15) is 5.75 Å². The molecule has 0 aromatic heterocycles. The lowest BCUT2D eigenvalue weighted by atomic mass is 9.96. The third-order valence-corrected chi connectivity index (χ3v) is 2.69. The number of rotatable bonds is 6. The molecular weight excluding hydrogens is 220 g/mol. The summed E-state index contributed by atoms with van der Waals surface area (Å²) < 4.78 is 10.4. The smallest absolute Gasteiger partial charge is 0.306 e. The van der Waals surface area contributed by atoms with E-state index < -0.39 is 11.9 Å². The Bertz CT molecular complexity index is 387. The van der Waals surface area contributed by atoms with E-state index in [9.17, 15) is 4.79 Å². The van der Waals surface area contributed by atoms with Crippen LogP contribution in [0.3, 0.4) is 0 Å². The lowest BCUT2D eigenvalue weighted by Crippen LogP contribution is -2.14. The predicted molar refractivity (Wildman–Crippen MR) is 64.2 cm³/mol. The highest BCUT2D eigenvalue weighted by Gasteiger charge is 2.16. The van der Waals surface area contributed by atoms with Crippen LogP contribution in [0.4, 0.5) is 0 Å². The Morgan fingerprint density at radius 1 is 1.41 bits per heavy atom. The number of carboxylic acids is 1. The highest BCUT2D eigenvalue weighted by molar-refractivity contribution is 5.70. The molecule has 1 N–H and O–H groups in total. The summed E-state index contributed by atoms with van der Waals surface area (Å²) in [5.74, 6) is -0.476. The van der Waals surface area contributed by atoms with E-state index >= 15 is 0 Å². The van der Waals surface area contributed by atoms with Crippen LogP contribution in [-0.2, 0) is 22.6 Å². The molecule has 0 aliphatic rings. The van der Waals surface area contributed by atoms with E-state index in [2.05, 4.69) is 0 Å². The second-order valence-electron chi connectivity index (χ2n) is 3.97. The van der Waals surface area contributed by atoms with Crippen LogP contribution in [0.1, 0.15) is 18.1 Å². The Hall–Kier alpha value is -1.55. The number of methoxy groups -OCH3 is 2. The van der Waals surface area contributed by atoms with Crippen molar-refractivity contribution in [3.8, 4) is 5.75 Å². The molecule has 1 aromatic rings. The van der Waals surface area contributed by atoms with E-state index in [1.54, 1.807) is 21.1 Å². The predicted octanol–water partition coefficient (Wildman–Crippen LogP) is 2.10. The molecule has 4 heteroatoms. The van der Waals surface area contributed by atoms with E-state index in [1.807, 2.05) is 18.2 Å². The second-order valence-corrected chi connectivity index (χ2v) is 3.97. The quantitative estimate of drug-likeness (QED) is 0.824. The van der Waals surface area contributed by atoms with Crippen molar-refractivity contribution in [3.63, 3.8) is 0 Å². The molecule has 94 valence electrons. The average molecular weight is 238 g/mol. The van der Waals surface area contributed by atoms with Crippen molar-refractivity contribution in [2.24, 2.45) is 5.92 Å². The molecule has 0 radical (unpaired) electrons. The number of hydrogen-bond donors (Lipinski definition) is 1. The summed E-state index contributed by atoms with van der Waals surface area (Å²) in [5.41, 5.74) is 1.88. The molecule has 0 aliphatic heterocycles. The molecule has 1 atom stereocenters. The highest BCUT2D eigenvalue weighted by Crippen LogP contribution is 2.25. The Morgan fingerprint density at radius 2 is 2.12 bits per heavy atom. The zero-order chi connectivity index (χ0) is 12.8. The fourth-order valence-electron chi connectivity index (χ4n) is 1.72. The third-order valence-electron chi connectivity index (χ3n) is 2.69. The summed E-state index contributed by atoms with van der Waals surface area (Å²) in [7, 11) is 3.20. The minimum Gasteiger partial charge on any atom is -0.496 e. The first-order valence-electron chi connectivity index (χ1n) is 5.46. The first-order chi connectivity index (χ1) is 8.10. The van der Waals surface area contributed by atoms with Crippen molar-refractivity contribution >= 4 is 5.97 Å². The van der Waals surface area contributed by atoms with Crippen molar-refractivity contribution in [2.75, 3.05) is 14.2 Å². The molecular formula is C13H18O4. The van der Waals surface area contributed by atoms with Crippen LogP contribution in [0.25, 0.3) is 0 Å². The lowest BCUT2D eigenvalue weighted by molar-refractivity contribution is -0.141. The number of carboxylic acid groups (broad SMARTS) is 1. The molecule has 0 bridgehead atoms. The molecule has 1 rings (SSSR count). The van der Waals surface area contributed by atoms with Gasteiger partial charge in [-0.05, 0) is 18.1 Å². The molecule has 0 saturated carbocycles. The molecule has 0 fully saturated rings. The Balaban J connectivity index is 3.00. The van der Waals surface area contributed by atoms with Gasteiger partial charge in [0.15, 0.2) is 0 Å². The Kier molecular flexibility index (Phi) is 4.97. The van der Waals surface area contributed by atoms with E-state index in [0.29, 0.717) is 13.0 Å². The van der Waals surface area contributed by atoms with Crippen LogP contribution in [0.15, 0.2) is 18.2 Å². The summed E-state index contributed by atoms with van der Waals surface area (Å²) in [6, 6.07) is 5.63. The van der Waals surface area contributed by atoms with Gasteiger partial charge < -0.3 is 14.6 Å². The van der Waals surface area contributed by atoms with Crippen LogP contribution < -0.4 is 4.74 Å². The fraction of sp³-hybridized carbons (Fsp3) is 0.462. The lowest BCUT2D eigenvalue weighted by Gasteiger charge is -2.14. The zero-order valence-electron chi connectivity index (χ0n) is 10.4. The maximum atomic E-state index is 10.9. The van der Waals surface area contributed by atoms with Gasteiger partial charge in [-0.15, -0.1) is 0 Å². The molecule has 1 unspecified atom stereocenters. The summed E-state index contributed by atoms with van der Waals surface area (Å²) in [6.45, 7) is 2.12. The van der Waals surface area contributed by atoms with Gasteiger partial charge in [-0.1, -0.05) is 19.1 Å². The van der Waals surface area contributed by atoms with Crippen LogP contribution in [0.5, 0.6) is 5.75 Å². The molecule has 17 heavy (non-hydrogen) atoms. The van der Waals surface area contributed by atoms with Crippen molar-refractivity contribution < 1.29 is 19.4 Å². The number of carbonyl (C=O) groups is 1. The minimum absolute atomic E-state index is 0.419. The molecule has 4 nitrogen and oxygen atoms in total. The van der Waals surface area contributed by atoms with Crippen molar-refractivity contribution in [1.29, 1.82) is 0 Å². The van der Waals surface area contributed by atoms with Crippen LogP contribution >= 0.6 is 0 Å². The first kappa shape index (κ1) is 13.5. The van der Waals surface area contributed by atoms with Crippen LogP contribution in [0.2, 0.25) is 0 Å². The average Bonchev–Trinajstić information content (AvgIpc) is 2.31. The fourth-order valence-corrected chi connectivity index (χ4v) is 1.72. The van der Waals surface area contributed by atoms with E-state index in [1.165, 1.54) is 0 Å². The summed E-state index contributed by atoms with van der Waals surface area (Å²) in [6.07, 6.45) is 0.477. The number of aliphatic carboxylic acids is 1. The van der Waals surface area contributed by atoms with Crippen molar-refractivity contribution in [3.05, 3.63) is 29.3 Å². The maximum Gasteiger partial charge on any atom is 0.306 e. The number of hydrogen-bond acceptors (Lipinski definition) is 3. The van der Waals surface area contributed by atoms with Crippen LogP contribution in [0, 0.1) is 5.92 Å². The summed E-state index contributed by atoms with van der Waals surface area (Å²) in [4.78, 5) is 10.9. The van der Waals surface area contributed by atoms with Crippen molar-refractivity contribution in [2.45, 2.75) is 20.0 Å². The first-order valence-corrected chi connectivity index (χ1v) is 5.46. The molecule has 1 aromatic carbocycles. The Labute approximate surface area is 101 Å². The molecule has 0 aliphatic carbocycles. The van der Waals surface area contributed by atoms with Gasteiger partial charge in [-0.25, -0.2) is 0 Å². The second kappa shape index (κ2) is 6.25. The largest absolute Gasteiger partial charge is 0.496 e. The third kappa shape index (κ3) is 3.46. The van der Waals surface area contributed by atoms with Gasteiger partial charge in [-0.3, -0.25) is 4.79 Å². The minimum atomic E-state index is -0.795. The SMILES string of the molecule is COCc1c(CC(C)C(=O)O)cccc1OC. The van der Waals surface area contributed by atoms with Gasteiger partial charge >= 0.3 is 5.97 Å². The Morgan fingerprint density at radius 3 is 2.65 bits per heavy atom. The monoisotopic (exact) mass is 238 g/mol. The van der Waals surface area contributed by atoms with Gasteiger partial charge in [0.25, 0.3) is 0 Å². The maximum absolute atomic E-state index is 10.9. The number of ether oxygens (including phenoxy) is 2. The molecule has 0 amide bonds. The topological polar surface area (TPSA) is 55.8 Å². The molecule has 0 saturated heterocycles. The van der Waals surface area contributed by atoms with Gasteiger partial charge in [0.05, 0.1) is 19.6 Å². The normalized spacial score (nSPS) is 12.2. The zero-order valence-corrected chi connectivity index (χ0v) is 10.4. The molecule has 0 spiro atoms. The van der Waals surface area contributed by atoms with Crippen LogP contribution in [-0.4, -0.2) is 25.3 Å². The number of benzene rings is 1. The van der Waals surface area contributed by atoms with Crippen molar-refractivity contribution in [1.82, 2.24) is 0 Å². The molecule has 0 heterocycles. The van der Waals surface area contributed by atoms with E-state index in [-0.39, 0.29) is 0 Å². The van der Waals surface area contributed by atoms with E-state index in [4.69, 9.17) is 14.6 Å². The summed E-state index contributed by atoms with van der Waals surface area (Å²) >= 11 is 0. The standard InChI is InChI=1S/C13H18O4/c1-9(13(14)15)7-10-5-4-6-12(17-3)11(10)8-16-2/h4-6,9H,7-8H2,1-3H3,(H,14,15).